The highest BCUT2D eigenvalue weighted by atomic mass is 16.6. The minimum atomic E-state index is -1.63. The number of alkyl carbamates (subject to hydrolysis) is 2. The van der Waals surface area contributed by atoms with Crippen molar-refractivity contribution in [3.8, 4) is 0 Å². The molecule has 1 aromatic carbocycles. The van der Waals surface area contributed by atoms with Crippen LogP contribution < -0.4 is 59.3 Å². The Morgan fingerprint density at radius 1 is 0.667 bits per heavy atom. The third-order valence-corrected chi connectivity index (χ3v) is 11.8. The van der Waals surface area contributed by atoms with Gasteiger partial charge in [0.1, 0.15) is 53.5 Å². The third kappa shape index (κ3) is 22.0. The molecule has 2 fully saturated rings. The molecule has 25 heteroatoms. The van der Waals surface area contributed by atoms with E-state index in [2.05, 4.69) is 47.9 Å². The molecular weight excluding hydrogens is 977 g/mol. The van der Waals surface area contributed by atoms with Crippen LogP contribution in [0, 0.1) is 5.92 Å². The Kier molecular flexibility index (Phi) is 24.6. The molecule has 0 spiro atoms. The van der Waals surface area contributed by atoms with Crippen molar-refractivity contribution in [2.45, 2.75) is 179 Å². The fourth-order valence-electron chi connectivity index (χ4n) is 8.12. The predicted octanol–water partition coefficient (Wildman–Crippen LogP) is -1.42. The number of aliphatic hydroxyl groups excluding tert-OH is 1. The lowest BCUT2D eigenvalue weighted by atomic mass is 10.00. The van der Waals surface area contributed by atoms with Crippen LogP contribution in [0.3, 0.4) is 0 Å². The smallest absolute Gasteiger partial charge is 0.407 e. The van der Waals surface area contributed by atoms with Crippen LogP contribution in [0.5, 0.6) is 0 Å². The molecule has 75 heavy (non-hydrogen) atoms. The predicted molar refractivity (Wildman–Crippen MR) is 275 cm³/mol. The van der Waals surface area contributed by atoms with E-state index < -0.39 is 125 Å². The summed E-state index contributed by atoms with van der Waals surface area (Å²) in [6.45, 7) is 13.9. The van der Waals surface area contributed by atoms with Crippen molar-refractivity contribution in [1.82, 2.24) is 52.8 Å². The summed E-state index contributed by atoms with van der Waals surface area (Å²) in [6, 6.07) is -2.48. The van der Waals surface area contributed by atoms with Gasteiger partial charge in [-0.3, -0.25) is 38.4 Å². The normalized spacial score (nSPS) is 25.0. The van der Waals surface area contributed by atoms with Crippen LogP contribution in [-0.4, -0.2) is 168 Å². The Hall–Kier alpha value is -6.60. The number of benzene rings is 1. The number of nitrogens with zero attached hydrogens (tertiary/aromatic N) is 1. The first-order chi connectivity index (χ1) is 35.1. The zero-order valence-electron chi connectivity index (χ0n) is 44.8. The Morgan fingerprint density at radius 3 is 1.64 bits per heavy atom. The number of rotatable bonds is 14. The van der Waals surface area contributed by atoms with Gasteiger partial charge >= 0.3 is 12.2 Å². The van der Waals surface area contributed by atoms with Gasteiger partial charge in [-0.15, -0.1) is 0 Å². The number of carbonyl (C=O) groups excluding carboxylic acids is 10. The van der Waals surface area contributed by atoms with Crippen LogP contribution in [0.25, 0.3) is 0 Å². The monoisotopic (exact) mass is 1060 g/mol. The highest BCUT2D eigenvalue weighted by Crippen LogP contribution is 2.18. The first-order valence-corrected chi connectivity index (χ1v) is 25.6. The lowest BCUT2D eigenvalue weighted by molar-refractivity contribution is -0.144. The van der Waals surface area contributed by atoms with Crippen LogP contribution in [0.4, 0.5) is 9.59 Å². The summed E-state index contributed by atoms with van der Waals surface area (Å²) in [5.41, 5.74) is 10.9. The number of nitrogens with one attached hydrogen (secondary N) is 9. The quantitative estimate of drug-likeness (QED) is 0.102. The highest BCUT2D eigenvalue weighted by molar-refractivity contribution is 5.98. The van der Waals surface area contributed by atoms with Crippen LogP contribution in [-0.2, 0) is 54.3 Å². The Bertz CT molecular complexity index is 2130. The second-order valence-electron chi connectivity index (χ2n) is 21.2. The topological polar surface area (TPSA) is 373 Å². The molecule has 2 aliphatic heterocycles. The lowest BCUT2D eigenvalue weighted by Gasteiger charge is -2.37. The molecule has 14 N–H and O–H groups in total. The maximum atomic E-state index is 14.6. The number of hydrogen-bond donors (Lipinski definition) is 12. The summed E-state index contributed by atoms with van der Waals surface area (Å²) in [4.78, 5) is 140. The molecule has 0 bridgehead atoms. The van der Waals surface area contributed by atoms with E-state index in [1.54, 1.807) is 85.7 Å². The third-order valence-electron chi connectivity index (χ3n) is 11.8. The van der Waals surface area contributed by atoms with Crippen LogP contribution in [0.2, 0.25) is 0 Å². The molecule has 0 aliphatic carbocycles. The van der Waals surface area contributed by atoms with E-state index in [0.29, 0.717) is 18.4 Å². The van der Waals surface area contributed by atoms with Crippen molar-refractivity contribution in [2.75, 3.05) is 32.7 Å². The van der Waals surface area contributed by atoms with Crippen molar-refractivity contribution in [3.63, 3.8) is 0 Å². The van der Waals surface area contributed by atoms with E-state index in [-0.39, 0.29) is 77.2 Å². The average Bonchev–Trinajstić information content (AvgIpc) is 3.30. The molecule has 0 saturated carbocycles. The fraction of sp³-hybridized carbons (Fsp3) is 0.680. The van der Waals surface area contributed by atoms with Crippen molar-refractivity contribution in [3.05, 3.63) is 35.9 Å². The van der Waals surface area contributed by atoms with Gasteiger partial charge in [-0.2, -0.15) is 0 Å². The van der Waals surface area contributed by atoms with Crippen molar-refractivity contribution >= 4 is 59.4 Å². The Labute approximate surface area is 439 Å². The van der Waals surface area contributed by atoms with Crippen molar-refractivity contribution in [1.29, 1.82) is 0 Å². The second kappa shape index (κ2) is 29.5. The van der Waals surface area contributed by atoms with Crippen LogP contribution >= 0.6 is 0 Å². The molecule has 9 atom stereocenters. The summed E-state index contributed by atoms with van der Waals surface area (Å²) in [6.07, 6.45) is -3.46. The number of hydrogen-bond acceptors (Lipinski definition) is 15. The van der Waals surface area contributed by atoms with E-state index >= 15 is 0 Å². The van der Waals surface area contributed by atoms with E-state index in [1.165, 1.54) is 11.8 Å². The molecule has 420 valence electrons. The molecule has 2 aliphatic rings. The summed E-state index contributed by atoms with van der Waals surface area (Å²) < 4.78 is 10.7. The van der Waals surface area contributed by atoms with Gasteiger partial charge in [-0.25, -0.2) is 9.59 Å². The first-order valence-electron chi connectivity index (χ1n) is 25.6. The lowest BCUT2D eigenvalue weighted by Crippen LogP contribution is -2.61. The minimum Gasteiger partial charge on any atom is -0.444 e. The van der Waals surface area contributed by atoms with E-state index in [4.69, 9.17) is 20.9 Å². The zero-order chi connectivity index (χ0) is 56.2. The fourth-order valence-corrected chi connectivity index (χ4v) is 8.12. The summed E-state index contributed by atoms with van der Waals surface area (Å²) in [7, 11) is 0. The molecule has 0 aromatic heterocycles. The van der Waals surface area contributed by atoms with Gasteiger partial charge < -0.3 is 78.8 Å². The maximum absolute atomic E-state index is 14.6. The van der Waals surface area contributed by atoms with E-state index in [1.807, 2.05) is 0 Å². The first kappa shape index (κ1) is 62.7. The van der Waals surface area contributed by atoms with Gasteiger partial charge in [0.25, 0.3) is 0 Å². The van der Waals surface area contributed by atoms with Crippen LogP contribution in [0.1, 0.15) is 113 Å². The standard InChI is InChI=1S/C50H82N12O13/c1-28(2)26-35-42(67)57-33(18-22-54-47(72)74-49(4,5)6)39(64)56-32(17-21-51)41(66)61-38(29(3)63)45(70)53-24-20-37(62-25-13-16-31(52)46(62)71)44(69)58-34(19-23-55-48(73)75-50(7,8)9)40(65)60-36(43(68)59-35)27-30-14-11-10-12-15-30/h10-12,14-15,28-29,31-38,63H,13,16-27,51-52H2,1-9H3,(H,53,70)(H,54,72)(H,55,73)(H,56,64)(H,57,67)(H,58,69)(H,59,68)(H,60,65)(H,61,66)/t29-,31+,32+,33+,34+,35+,36-,37+,38+/m1/s1. The molecule has 2 saturated heterocycles. The number of amides is 10. The molecule has 3 rings (SSSR count). The summed E-state index contributed by atoms with van der Waals surface area (Å²) >= 11 is 0. The molecule has 2 heterocycles. The SMILES string of the molecule is CC(C)C[C@@H]1NC(=O)[C@@H](Cc2ccccc2)NC(=O)[C@H](CCNC(=O)OC(C)(C)C)NC(=O)[C@@H](N2CCC[C@H](N)C2=O)CCNC(=O)[C@H]([C@@H](C)O)NC(=O)[C@H](CCN)NC(=O)[C@H](CCNC(=O)OC(C)(C)C)NC1=O. The van der Waals surface area contributed by atoms with E-state index in [9.17, 15) is 53.1 Å². The molecule has 0 radical (unpaired) electrons. The molecule has 0 unspecified atom stereocenters. The Morgan fingerprint density at radius 2 is 1.13 bits per heavy atom. The number of nitrogens with two attached hydrogens (primary N) is 2. The van der Waals surface area contributed by atoms with Crippen molar-refractivity contribution in [2.24, 2.45) is 17.4 Å². The second-order valence-corrected chi connectivity index (χ2v) is 21.2. The maximum Gasteiger partial charge on any atom is 0.407 e. The number of piperidine rings is 1. The van der Waals surface area contributed by atoms with Crippen LogP contribution in [0.15, 0.2) is 30.3 Å². The van der Waals surface area contributed by atoms with Gasteiger partial charge in [0.05, 0.1) is 12.1 Å². The number of likely N-dealkylation sites (tertiary alicyclic amines) is 1. The largest absolute Gasteiger partial charge is 0.444 e. The average molecular weight is 1060 g/mol. The zero-order valence-corrected chi connectivity index (χ0v) is 44.8. The van der Waals surface area contributed by atoms with Gasteiger partial charge in [-0.05, 0) is 111 Å². The molecule has 10 amide bonds. The molecular formula is C50H82N12O13. The highest BCUT2D eigenvalue weighted by Gasteiger charge is 2.39. The summed E-state index contributed by atoms with van der Waals surface area (Å²) in [5, 5.41) is 34.3. The van der Waals surface area contributed by atoms with Gasteiger partial charge in [0, 0.05) is 32.6 Å². The van der Waals surface area contributed by atoms with E-state index in [0.717, 1.165) is 0 Å². The van der Waals surface area contributed by atoms with Gasteiger partial charge in [0.2, 0.25) is 47.3 Å². The summed E-state index contributed by atoms with van der Waals surface area (Å²) in [5.74, 6) is -6.98. The van der Waals surface area contributed by atoms with Gasteiger partial charge in [-0.1, -0.05) is 44.2 Å². The van der Waals surface area contributed by atoms with Crippen molar-refractivity contribution < 1.29 is 62.5 Å². The minimum absolute atomic E-state index is 0.0182. The number of carbonyl (C=O) groups is 10. The molecule has 1 aromatic rings. The number of ether oxygens (including phenoxy) is 2. The molecule has 25 nitrogen and oxygen atoms in total. The van der Waals surface area contributed by atoms with Gasteiger partial charge in [0.15, 0.2) is 0 Å². The number of aliphatic hydroxyl groups is 1. The Balaban J connectivity index is 2.20.